The fourth-order valence-corrected chi connectivity index (χ4v) is 2.18. The van der Waals surface area contributed by atoms with Gasteiger partial charge in [-0.3, -0.25) is 9.59 Å². The molecule has 2 amide bonds. The third-order valence-electron chi connectivity index (χ3n) is 2.88. The van der Waals surface area contributed by atoms with E-state index in [9.17, 15) is 9.59 Å². The Morgan fingerprint density at radius 3 is 2.50 bits per heavy atom. The fraction of sp³-hybridized carbons (Fsp3) is 0.125. The summed E-state index contributed by atoms with van der Waals surface area (Å²) in [6.45, 7) is 1.78. The molecule has 0 aliphatic rings. The lowest BCUT2D eigenvalue weighted by Crippen LogP contribution is -2.22. The molecule has 0 aliphatic heterocycles. The highest BCUT2D eigenvalue weighted by Gasteiger charge is 2.08. The maximum atomic E-state index is 12.1. The smallest absolute Gasteiger partial charge is 0.251 e. The number of nitrogens with one attached hydrogen (secondary N) is 2. The Balaban J connectivity index is 2.01. The first kappa shape index (κ1) is 16.3. The van der Waals surface area contributed by atoms with Crippen LogP contribution in [0.15, 0.2) is 42.5 Å². The minimum atomic E-state index is -0.247. The molecule has 4 nitrogen and oxygen atoms in total. The molecule has 114 valence electrons. The lowest BCUT2D eigenvalue weighted by molar-refractivity contribution is -0.114. The fourth-order valence-electron chi connectivity index (χ4n) is 1.88. The lowest BCUT2D eigenvalue weighted by atomic mass is 10.1. The van der Waals surface area contributed by atoms with Crippen molar-refractivity contribution in [2.24, 2.45) is 0 Å². The van der Waals surface area contributed by atoms with E-state index in [0.29, 0.717) is 27.8 Å². The average molecular weight is 337 g/mol. The van der Waals surface area contributed by atoms with E-state index in [0.717, 1.165) is 5.56 Å². The van der Waals surface area contributed by atoms with Crippen LogP contribution in [-0.4, -0.2) is 11.8 Å². The van der Waals surface area contributed by atoms with E-state index >= 15 is 0 Å². The third kappa shape index (κ3) is 4.48. The van der Waals surface area contributed by atoms with Crippen molar-refractivity contribution in [3.63, 3.8) is 0 Å². The minimum absolute atomic E-state index is 0.142. The molecule has 0 atom stereocenters. The molecule has 0 aromatic heterocycles. The van der Waals surface area contributed by atoms with Crippen molar-refractivity contribution in [3.8, 4) is 0 Å². The molecule has 0 saturated heterocycles. The van der Waals surface area contributed by atoms with Crippen LogP contribution in [0.2, 0.25) is 10.0 Å². The molecule has 2 rings (SSSR count). The molecule has 2 aromatic carbocycles. The zero-order chi connectivity index (χ0) is 16.1. The van der Waals surface area contributed by atoms with Crippen molar-refractivity contribution in [1.82, 2.24) is 5.32 Å². The average Bonchev–Trinajstić information content (AvgIpc) is 2.47. The van der Waals surface area contributed by atoms with Crippen molar-refractivity contribution in [1.29, 1.82) is 0 Å². The first-order valence-corrected chi connectivity index (χ1v) is 7.31. The summed E-state index contributed by atoms with van der Waals surface area (Å²) in [4.78, 5) is 23.1. The molecular weight excluding hydrogens is 323 g/mol. The molecule has 0 heterocycles. The second-order valence-corrected chi connectivity index (χ2v) is 5.51. The second-order valence-electron chi connectivity index (χ2n) is 4.69. The number of carbonyl (C=O) groups is 2. The summed E-state index contributed by atoms with van der Waals surface area (Å²) in [6, 6.07) is 12.0. The van der Waals surface area contributed by atoms with Crippen molar-refractivity contribution < 1.29 is 9.59 Å². The summed E-state index contributed by atoms with van der Waals surface area (Å²) in [5, 5.41) is 6.22. The van der Waals surface area contributed by atoms with Gasteiger partial charge in [-0.2, -0.15) is 0 Å². The van der Waals surface area contributed by atoms with Crippen LogP contribution in [0.1, 0.15) is 22.8 Å². The topological polar surface area (TPSA) is 58.2 Å². The maximum Gasteiger partial charge on any atom is 0.251 e. The van der Waals surface area contributed by atoms with Gasteiger partial charge in [-0.15, -0.1) is 0 Å². The van der Waals surface area contributed by atoms with E-state index in [1.54, 1.807) is 24.3 Å². The zero-order valence-electron chi connectivity index (χ0n) is 11.8. The SMILES string of the molecule is CC(=O)Nc1cccc(CNC(=O)c2ccc(Cl)c(Cl)c2)c1. The van der Waals surface area contributed by atoms with Gasteiger partial charge < -0.3 is 10.6 Å². The van der Waals surface area contributed by atoms with Crippen LogP contribution in [0.25, 0.3) is 0 Å². The van der Waals surface area contributed by atoms with E-state index in [-0.39, 0.29) is 11.8 Å². The van der Waals surface area contributed by atoms with Crippen LogP contribution < -0.4 is 10.6 Å². The third-order valence-corrected chi connectivity index (χ3v) is 3.62. The normalized spacial score (nSPS) is 10.1. The van der Waals surface area contributed by atoms with Gasteiger partial charge in [0.15, 0.2) is 0 Å². The van der Waals surface area contributed by atoms with Crippen LogP contribution in [0.3, 0.4) is 0 Å². The first-order chi connectivity index (χ1) is 10.5. The number of hydrogen-bond donors (Lipinski definition) is 2. The van der Waals surface area contributed by atoms with Gasteiger partial charge in [-0.05, 0) is 35.9 Å². The predicted octanol–water partition coefficient (Wildman–Crippen LogP) is 3.88. The van der Waals surface area contributed by atoms with Gasteiger partial charge >= 0.3 is 0 Å². The molecule has 0 fully saturated rings. The molecule has 2 N–H and O–H groups in total. The van der Waals surface area contributed by atoms with Gasteiger partial charge in [-0.25, -0.2) is 0 Å². The highest BCUT2D eigenvalue weighted by atomic mass is 35.5. The number of amides is 2. The van der Waals surface area contributed by atoms with Gasteiger partial charge in [0, 0.05) is 24.7 Å². The van der Waals surface area contributed by atoms with Crippen LogP contribution in [0.5, 0.6) is 0 Å². The van der Waals surface area contributed by atoms with Crippen LogP contribution >= 0.6 is 23.2 Å². The Bertz CT molecular complexity index is 717. The Labute approximate surface area is 138 Å². The summed E-state index contributed by atoms with van der Waals surface area (Å²) in [7, 11) is 0. The second kappa shape index (κ2) is 7.29. The Morgan fingerprint density at radius 2 is 1.82 bits per heavy atom. The number of anilines is 1. The molecule has 2 aromatic rings. The van der Waals surface area contributed by atoms with Gasteiger partial charge in [-0.1, -0.05) is 35.3 Å². The summed E-state index contributed by atoms with van der Waals surface area (Å²) < 4.78 is 0. The lowest BCUT2D eigenvalue weighted by Gasteiger charge is -2.08. The molecule has 0 bridgehead atoms. The van der Waals surface area contributed by atoms with Gasteiger partial charge in [0.25, 0.3) is 5.91 Å². The number of halogens is 2. The number of rotatable bonds is 4. The monoisotopic (exact) mass is 336 g/mol. The largest absolute Gasteiger partial charge is 0.348 e. The van der Waals surface area contributed by atoms with Gasteiger partial charge in [0.2, 0.25) is 5.91 Å². The molecule has 0 saturated carbocycles. The van der Waals surface area contributed by atoms with Gasteiger partial charge in [0.05, 0.1) is 10.0 Å². The number of benzene rings is 2. The Kier molecular flexibility index (Phi) is 5.41. The number of carbonyl (C=O) groups excluding carboxylic acids is 2. The predicted molar refractivity (Wildman–Crippen MR) is 88.4 cm³/mol. The molecular formula is C16H14Cl2N2O2. The van der Waals surface area contributed by atoms with Gasteiger partial charge in [0.1, 0.15) is 0 Å². The summed E-state index contributed by atoms with van der Waals surface area (Å²) in [6.07, 6.45) is 0. The van der Waals surface area contributed by atoms with Crippen molar-refractivity contribution in [2.45, 2.75) is 13.5 Å². The van der Waals surface area contributed by atoms with E-state index in [1.807, 2.05) is 12.1 Å². The summed E-state index contributed by atoms with van der Waals surface area (Å²) >= 11 is 11.7. The molecule has 0 radical (unpaired) electrons. The van der Waals surface area contributed by atoms with E-state index in [1.165, 1.54) is 13.0 Å². The quantitative estimate of drug-likeness (QED) is 0.889. The highest BCUT2D eigenvalue weighted by Crippen LogP contribution is 2.22. The minimum Gasteiger partial charge on any atom is -0.348 e. The van der Waals surface area contributed by atoms with E-state index < -0.39 is 0 Å². The highest BCUT2D eigenvalue weighted by molar-refractivity contribution is 6.42. The zero-order valence-corrected chi connectivity index (χ0v) is 13.3. The molecule has 22 heavy (non-hydrogen) atoms. The van der Waals surface area contributed by atoms with E-state index in [2.05, 4.69) is 10.6 Å². The summed E-state index contributed by atoms with van der Waals surface area (Å²) in [5.41, 5.74) is 2.00. The van der Waals surface area contributed by atoms with Crippen molar-refractivity contribution in [2.75, 3.05) is 5.32 Å². The molecule has 6 heteroatoms. The van der Waals surface area contributed by atoms with Crippen LogP contribution in [0, 0.1) is 0 Å². The van der Waals surface area contributed by atoms with Crippen LogP contribution in [-0.2, 0) is 11.3 Å². The summed E-state index contributed by atoms with van der Waals surface area (Å²) in [5.74, 6) is -0.388. The Hall–Kier alpha value is -2.04. The Morgan fingerprint density at radius 1 is 1.05 bits per heavy atom. The molecule has 0 unspecified atom stereocenters. The van der Waals surface area contributed by atoms with Crippen molar-refractivity contribution in [3.05, 3.63) is 63.6 Å². The first-order valence-electron chi connectivity index (χ1n) is 6.55. The standard InChI is InChI=1S/C16H14Cl2N2O2/c1-10(21)20-13-4-2-3-11(7-13)9-19-16(22)12-5-6-14(17)15(18)8-12/h2-8H,9H2,1H3,(H,19,22)(H,20,21). The van der Waals surface area contributed by atoms with E-state index in [4.69, 9.17) is 23.2 Å². The number of hydrogen-bond acceptors (Lipinski definition) is 2. The maximum absolute atomic E-state index is 12.1. The molecule has 0 spiro atoms. The van der Waals surface area contributed by atoms with Crippen molar-refractivity contribution >= 4 is 40.7 Å². The van der Waals surface area contributed by atoms with Crippen LogP contribution in [0.4, 0.5) is 5.69 Å². The molecule has 0 aliphatic carbocycles.